The molecule has 20 heavy (non-hydrogen) atoms. The van der Waals surface area contributed by atoms with Crippen LogP contribution in [0.25, 0.3) is 0 Å². The zero-order chi connectivity index (χ0) is 14.6. The van der Waals surface area contributed by atoms with Gasteiger partial charge in [-0.15, -0.1) is 0 Å². The zero-order valence-corrected chi connectivity index (χ0v) is 11.8. The SMILES string of the molecule is CCNC(Cn1ccc(C(F)(F)F)n1)C1CCCCC1. The molecule has 3 nitrogen and oxygen atoms in total. The van der Waals surface area contributed by atoms with E-state index >= 15 is 0 Å². The zero-order valence-electron chi connectivity index (χ0n) is 11.8. The van der Waals surface area contributed by atoms with Crippen LogP contribution in [-0.2, 0) is 12.7 Å². The number of nitrogens with one attached hydrogen (secondary N) is 1. The molecule has 1 unspecified atom stereocenters. The van der Waals surface area contributed by atoms with Crippen molar-refractivity contribution in [1.29, 1.82) is 0 Å². The van der Waals surface area contributed by atoms with Gasteiger partial charge in [-0.2, -0.15) is 18.3 Å². The Bertz CT molecular complexity index is 408. The first-order valence-corrected chi connectivity index (χ1v) is 7.34. The van der Waals surface area contributed by atoms with Gasteiger partial charge in [-0.25, -0.2) is 0 Å². The molecule has 114 valence electrons. The molecule has 0 amide bonds. The molecular weight excluding hydrogens is 267 g/mol. The van der Waals surface area contributed by atoms with Crippen molar-refractivity contribution in [2.45, 2.75) is 57.8 Å². The third kappa shape index (κ3) is 3.98. The molecule has 2 rings (SSSR count). The van der Waals surface area contributed by atoms with E-state index in [2.05, 4.69) is 10.4 Å². The summed E-state index contributed by atoms with van der Waals surface area (Å²) in [5.41, 5.74) is -0.809. The predicted octanol–water partition coefficient (Wildman–Crippen LogP) is 3.46. The molecule has 1 N–H and O–H groups in total. The van der Waals surface area contributed by atoms with Gasteiger partial charge in [-0.1, -0.05) is 26.2 Å². The minimum absolute atomic E-state index is 0.210. The lowest BCUT2D eigenvalue weighted by atomic mass is 9.84. The van der Waals surface area contributed by atoms with E-state index in [0.717, 1.165) is 25.5 Å². The van der Waals surface area contributed by atoms with Gasteiger partial charge < -0.3 is 5.32 Å². The van der Waals surface area contributed by atoms with Crippen LogP contribution >= 0.6 is 0 Å². The number of hydrogen-bond donors (Lipinski definition) is 1. The number of alkyl halides is 3. The highest BCUT2D eigenvalue weighted by molar-refractivity contribution is 5.03. The number of nitrogens with zero attached hydrogens (tertiary/aromatic N) is 2. The Morgan fingerprint density at radius 2 is 2.05 bits per heavy atom. The largest absolute Gasteiger partial charge is 0.435 e. The normalized spacial score (nSPS) is 19.2. The third-order valence-electron chi connectivity index (χ3n) is 4.00. The number of likely N-dealkylation sites (N-methyl/N-ethyl adjacent to an activating group) is 1. The van der Waals surface area contributed by atoms with E-state index in [4.69, 9.17) is 0 Å². The van der Waals surface area contributed by atoms with Gasteiger partial charge in [0.15, 0.2) is 5.69 Å². The summed E-state index contributed by atoms with van der Waals surface area (Å²) in [5, 5.41) is 7.06. The molecule has 1 fully saturated rings. The second-order valence-corrected chi connectivity index (χ2v) is 5.48. The Hall–Kier alpha value is -1.04. The van der Waals surface area contributed by atoms with Crippen molar-refractivity contribution in [1.82, 2.24) is 15.1 Å². The fraction of sp³-hybridized carbons (Fsp3) is 0.786. The quantitative estimate of drug-likeness (QED) is 0.899. The van der Waals surface area contributed by atoms with E-state index in [9.17, 15) is 13.2 Å². The first-order valence-electron chi connectivity index (χ1n) is 7.34. The number of hydrogen-bond acceptors (Lipinski definition) is 2. The van der Waals surface area contributed by atoms with Crippen LogP contribution in [-0.4, -0.2) is 22.4 Å². The fourth-order valence-electron chi connectivity index (χ4n) is 3.00. The average molecular weight is 289 g/mol. The molecule has 0 bridgehead atoms. The van der Waals surface area contributed by atoms with Crippen LogP contribution in [0.15, 0.2) is 12.3 Å². The summed E-state index contributed by atoms with van der Waals surface area (Å²) in [6.07, 6.45) is 3.10. The van der Waals surface area contributed by atoms with Crippen molar-refractivity contribution in [3.8, 4) is 0 Å². The molecule has 1 aromatic rings. The molecular formula is C14H22F3N3. The Labute approximate surface area is 117 Å². The maximum atomic E-state index is 12.5. The van der Waals surface area contributed by atoms with Crippen molar-refractivity contribution in [2.24, 2.45) is 5.92 Å². The molecule has 0 radical (unpaired) electrons. The minimum atomic E-state index is -4.36. The van der Waals surface area contributed by atoms with E-state index in [0.29, 0.717) is 12.5 Å². The molecule has 1 saturated carbocycles. The van der Waals surface area contributed by atoms with Crippen molar-refractivity contribution in [2.75, 3.05) is 6.54 Å². The lowest BCUT2D eigenvalue weighted by Gasteiger charge is -2.30. The number of aromatic nitrogens is 2. The smallest absolute Gasteiger partial charge is 0.312 e. The summed E-state index contributed by atoms with van der Waals surface area (Å²) in [6.45, 7) is 3.36. The van der Waals surface area contributed by atoms with Crippen LogP contribution in [0.4, 0.5) is 13.2 Å². The van der Waals surface area contributed by atoms with Crippen molar-refractivity contribution in [3.05, 3.63) is 18.0 Å². The van der Waals surface area contributed by atoms with Crippen LogP contribution in [0.3, 0.4) is 0 Å². The Kier molecular flexibility index (Phi) is 5.07. The van der Waals surface area contributed by atoms with Crippen molar-refractivity contribution in [3.63, 3.8) is 0 Å². The number of rotatable bonds is 5. The summed E-state index contributed by atoms with van der Waals surface area (Å²) in [6, 6.07) is 1.26. The van der Waals surface area contributed by atoms with Gasteiger partial charge in [0, 0.05) is 12.2 Å². The topological polar surface area (TPSA) is 29.9 Å². The second kappa shape index (κ2) is 6.61. The molecule has 1 atom stereocenters. The molecule has 6 heteroatoms. The Morgan fingerprint density at radius 3 is 2.60 bits per heavy atom. The molecule has 1 aromatic heterocycles. The average Bonchev–Trinajstić information content (AvgIpc) is 2.88. The van der Waals surface area contributed by atoms with Crippen LogP contribution < -0.4 is 5.32 Å². The van der Waals surface area contributed by atoms with E-state index in [1.807, 2.05) is 6.92 Å². The standard InChI is InChI=1S/C14H22F3N3/c1-2-18-12(11-6-4-3-5-7-11)10-20-9-8-13(19-20)14(15,16)17/h8-9,11-12,18H,2-7,10H2,1H3. The van der Waals surface area contributed by atoms with Crippen LogP contribution in [0.2, 0.25) is 0 Å². The summed E-state index contributed by atoms with van der Waals surface area (Å²) >= 11 is 0. The Morgan fingerprint density at radius 1 is 1.35 bits per heavy atom. The highest BCUT2D eigenvalue weighted by Crippen LogP contribution is 2.29. The first-order chi connectivity index (χ1) is 9.50. The van der Waals surface area contributed by atoms with Crippen LogP contribution in [0, 0.1) is 5.92 Å². The molecule has 0 saturated heterocycles. The lowest BCUT2D eigenvalue weighted by molar-refractivity contribution is -0.141. The summed E-state index contributed by atoms with van der Waals surface area (Å²) in [4.78, 5) is 0. The minimum Gasteiger partial charge on any atom is -0.312 e. The fourth-order valence-corrected chi connectivity index (χ4v) is 3.00. The van der Waals surface area contributed by atoms with E-state index in [1.165, 1.54) is 30.1 Å². The van der Waals surface area contributed by atoms with Gasteiger partial charge in [0.2, 0.25) is 0 Å². The van der Waals surface area contributed by atoms with E-state index in [1.54, 1.807) is 0 Å². The molecule has 0 aliphatic heterocycles. The lowest BCUT2D eigenvalue weighted by Crippen LogP contribution is -2.40. The van der Waals surface area contributed by atoms with E-state index in [-0.39, 0.29) is 6.04 Å². The summed E-state index contributed by atoms with van der Waals surface area (Å²) in [7, 11) is 0. The Balaban J connectivity index is 2.01. The summed E-state index contributed by atoms with van der Waals surface area (Å²) < 4.78 is 39.1. The van der Waals surface area contributed by atoms with Gasteiger partial charge in [-0.05, 0) is 31.4 Å². The van der Waals surface area contributed by atoms with Gasteiger partial charge >= 0.3 is 6.18 Å². The third-order valence-corrected chi connectivity index (χ3v) is 4.00. The van der Waals surface area contributed by atoms with Gasteiger partial charge in [-0.3, -0.25) is 4.68 Å². The number of halogens is 3. The molecule has 0 aromatic carbocycles. The highest BCUT2D eigenvalue weighted by Gasteiger charge is 2.34. The van der Waals surface area contributed by atoms with Crippen LogP contribution in [0.5, 0.6) is 0 Å². The molecule has 1 aliphatic carbocycles. The van der Waals surface area contributed by atoms with Gasteiger partial charge in [0.05, 0.1) is 6.54 Å². The first kappa shape index (κ1) is 15.4. The highest BCUT2D eigenvalue weighted by atomic mass is 19.4. The maximum absolute atomic E-state index is 12.5. The monoisotopic (exact) mass is 289 g/mol. The van der Waals surface area contributed by atoms with Gasteiger partial charge in [0.1, 0.15) is 0 Å². The predicted molar refractivity (Wildman–Crippen MR) is 71.3 cm³/mol. The van der Waals surface area contributed by atoms with E-state index < -0.39 is 11.9 Å². The molecule has 1 aliphatic rings. The second-order valence-electron chi connectivity index (χ2n) is 5.48. The van der Waals surface area contributed by atoms with Crippen molar-refractivity contribution >= 4 is 0 Å². The molecule has 0 spiro atoms. The van der Waals surface area contributed by atoms with Crippen LogP contribution in [0.1, 0.15) is 44.7 Å². The van der Waals surface area contributed by atoms with Gasteiger partial charge in [0.25, 0.3) is 0 Å². The van der Waals surface area contributed by atoms with Crippen molar-refractivity contribution < 1.29 is 13.2 Å². The maximum Gasteiger partial charge on any atom is 0.435 e. The summed E-state index contributed by atoms with van der Waals surface area (Å²) in [5.74, 6) is 0.544. The molecule has 1 heterocycles.